The van der Waals surface area contributed by atoms with Crippen molar-refractivity contribution in [1.29, 1.82) is 0 Å². The Morgan fingerprint density at radius 2 is 1.68 bits per heavy atom. The van der Waals surface area contributed by atoms with E-state index in [4.69, 9.17) is 4.74 Å². The zero-order chi connectivity index (χ0) is 19.7. The molecule has 6 nitrogen and oxygen atoms in total. The van der Waals surface area contributed by atoms with Gasteiger partial charge in [0.25, 0.3) is 0 Å². The van der Waals surface area contributed by atoms with Crippen LogP contribution in [0.4, 0.5) is 5.69 Å². The Bertz CT molecular complexity index is 944. The number of nitrogens with zero attached hydrogens (tertiary/aromatic N) is 2. The number of amides is 1. The number of hydrogen-bond acceptors (Lipinski definition) is 5. The molecule has 2 aromatic carbocycles. The van der Waals surface area contributed by atoms with Crippen LogP contribution in [0.5, 0.6) is 5.75 Å². The van der Waals surface area contributed by atoms with E-state index in [1.165, 1.54) is 5.56 Å². The molecule has 2 aliphatic rings. The Balaban J connectivity index is 1.58. The summed E-state index contributed by atoms with van der Waals surface area (Å²) in [6.07, 6.45) is 0.792. The molecule has 148 valence electrons. The van der Waals surface area contributed by atoms with Crippen molar-refractivity contribution in [2.75, 3.05) is 36.6 Å². The van der Waals surface area contributed by atoms with Gasteiger partial charge in [0.15, 0.2) is 9.84 Å². The lowest BCUT2D eigenvalue weighted by Gasteiger charge is -2.43. The molecule has 0 bridgehead atoms. The third kappa shape index (κ3) is 3.77. The van der Waals surface area contributed by atoms with E-state index in [0.29, 0.717) is 12.3 Å². The Labute approximate surface area is 165 Å². The van der Waals surface area contributed by atoms with Gasteiger partial charge in [-0.1, -0.05) is 30.3 Å². The van der Waals surface area contributed by atoms with Gasteiger partial charge in [0, 0.05) is 18.3 Å². The maximum absolute atomic E-state index is 13.0. The molecule has 2 heterocycles. The summed E-state index contributed by atoms with van der Waals surface area (Å²) < 4.78 is 30.0. The molecule has 0 N–H and O–H groups in total. The topological polar surface area (TPSA) is 66.9 Å². The van der Waals surface area contributed by atoms with Crippen molar-refractivity contribution in [3.63, 3.8) is 0 Å². The predicted molar refractivity (Wildman–Crippen MR) is 108 cm³/mol. The fourth-order valence-electron chi connectivity index (χ4n) is 4.20. The minimum Gasteiger partial charge on any atom is -0.497 e. The highest BCUT2D eigenvalue weighted by atomic mass is 32.2. The summed E-state index contributed by atoms with van der Waals surface area (Å²) in [7, 11) is -1.59. The molecule has 0 aromatic heterocycles. The van der Waals surface area contributed by atoms with E-state index in [0.717, 1.165) is 12.1 Å². The average Bonchev–Trinajstić information content (AvgIpc) is 3.02. The van der Waals surface area contributed by atoms with Gasteiger partial charge in [-0.3, -0.25) is 9.69 Å². The molecule has 0 spiro atoms. The van der Waals surface area contributed by atoms with Gasteiger partial charge >= 0.3 is 0 Å². The van der Waals surface area contributed by atoms with Crippen molar-refractivity contribution in [3.05, 3.63) is 60.2 Å². The molecule has 1 amide bonds. The van der Waals surface area contributed by atoms with E-state index < -0.39 is 9.84 Å². The van der Waals surface area contributed by atoms with Crippen LogP contribution in [0.1, 0.15) is 5.56 Å². The van der Waals surface area contributed by atoms with Gasteiger partial charge in [-0.25, -0.2) is 8.42 Å². The fourth-order valence-corrected chi connectivity index (χ4v) is 6.18. The molecular formula is C21H24N2O4S. The molecule has 0 saturated carbocycles. The van der Waals surface area contributed by atoms with Crippen LogP contribution in [0.15, 0.2) is 54.6 Å². The Morgan fingerprint density at radius 1 is 1.00 bits per heavy atom. The van der Waals surface area contributed by atoms with Crippen LogP contribution >= 0.6 is 0 Å². The second-order valence-corrected chi connectivity index (χ2v) is 9.53. The van der Waals surface area contributed by atoms with Crippen molar-refractivity contribution in [1.82, 2.24) is 4.90 Å². The van der Waals surface area contributed by atoms with Crippen molar-refractivity contribution in [3.8, 4) is 5.75 Å². The summed E-state index contributed by atoms with van der Waals surface area (Å²) >= 11 is 0. The number of carbonyl (C=O) groups is 1. The molecule has 0 radical (unpaired) electrons. The van der Waals surface area contributed by atoms with E-state index in [9.17, 15) is 13.2 Å². The van der Waals surface area contributed by atoms with Crippen LogP contribution in [-0.4, -0.2) is 63.0 Å². The van der Waals surface area contributed by atoms with E-state index in [2.05, 4.69) is 12.1 Å². The summed E-state index contributed by atoms with van der Waals surface area (Å²) in [6.45, 7) is 0.901. The highest BCUT2D eigenvalue weighted by molar-refractivity contribution is 7.91. The monoisotopic (exact) mass is 400 g/mol. The molecule has 2 saturated heterocycles. The zero-order valence-electron chi connectivity index (χ0n) is 15.8. The van der Waals surface area contributed by atoms with Crippen LogP contribution in [0.3, 0.4) is 0 Å². The third-order valence-corrected chi connectivity index (χ3v) is 7.28. The van der Waals surface area contributed by atoms with Gasteiger partial charge in [0.1, 0.15) is 5.75 Å². The van der Waals surface area contributed by atoms with E-state index in [-0.39, 0.29) is 36.0 Å². The minimum atomic E-state index is -3.18. The molecule has 7 heteroatoms. The molecule has 2 fully saturated rings. The van der Waals surface area contributed by atoms with Gasteiger partial charge in [-0.2, -0.15) is 0 Å². The van der Waals surface area contributed by atoms with Crippen LogP contribution in [0.25, 0.3) is 0 Å². The molecule has 28 heavy (non-hydrogen) atoms. The van der Waals surface area contributed by atoms with Crippen LogP contribution in [0.2, 0.25) is 0 Å². The predicted octanol–water partition coefficient (Wildman–Crippen LogP) is 1.75. The van der Waals surface area contributed by atoms with Crippen molar-refractivity contribution >= 4 is 21.4 Å². The molecule has 0 aliphatic carbocycles. The Hall–Kier alpha value is -2.38. The molecule has 2 unspecified atom stereocenters. The highest BCUT2D eigenvalue weighted by Gasteiger charge is 2.49. The second-order valence-electron chi connectivity index (χ2n) is 7.38. The van der Waals surface area contributed by atoms with E-state index in [1.807, 2.05) is 35.2 Å². The van der Waals surface area contributed by atoms with Crippen molar-refractivity contribution < 1.29 is 17.9 Å². The number of rotatable bonds is 5. The van der Waals surface area contributed by atoms with Crippen LogP contribution < -0.4 is 9.64 Å². The summed E-state index contributed by atoms with van der Waals surface area (Å²) in [5.41, 5.74) is 1.91. The number of hydrogen-bond donors (Lipinski definition) is 0. The summed E-state index contributed by atoms with van der Waals surface area (Å²) in [6, 6.07) is 16.8. The van der Waals surface area contributed by atoms with Crippen molar-refractivity contribution in [2.24, 2.45) is 0 Å². The molecule has 2 aliphatic heterocycles. The normalized spacial score (nSPS) is 24.2. The first-order valence-electron chi connectivity index (χ1n) is 9.41. The average molecular weight is 401 g/mol. The number of anilines is 1. The van der Waals surface area contributed by atoms with E-state index in [1.54, 1.807) is 24.1 Å². The number of piperazine rings is 1. The summed E-state index contributed by atoms with van der Waals surface area (Å²) in [5, 5.41) is 0. The SMILES string of the molecule is COc1ccc(N2C(=O)CN(CCc3ccccc3)C3CS(=O)(=O)CC32)cc1. The number of ether oxygens (including phenoxy) is 1. The maximum atomic E-state index is 13.0. The number of methoxy groups -OCH3 is 1. The number of benzene rings is 2. The molecule has 2 atom stereocenters. The molecule has 4 rings (SSSR count). The quantitative estimate of drug-likeness (QED) is 0.765. The summed E-state index contributed by atoms with van der Waals surface area (Å²) in [4.78, 5) is 16.7. The maximum Gasteiger partial charge on any atom is 0.241 e. The van der Waals surface area contributed by atoms with Gasteiger partial charge in [0.05, 0.1) is 31.2 Å². The Morgan fingerprint density at radius 3 is 2.36 bits per heavy atom. The number of fused-ring (bicyclic) bond motifs is 1. The van der Waals surface area contributed by atoms with Crippen LogP contribution in [-0.2, 0) is 21.1 Å². The smallest absolute Gasteiger partial charge is 0.241 e. The molecular weight excluding hydrogens is 376 g/mol. The molecule has 2 aromatic rings. The van der Waals surface area contributed by atoms with Crippen LogP contribution in [0, 0.1) is 0 Å². The van der Waals surface area contributed by atoms with Gasteiger partial charge in [-0.05, 0) is 36.2 Å². The second kappa shape index (κ2) is 7.56. The Kier molecular flexibility index (Phi) is 5.12. The minimum absolute atomic E-state index is 0.0112. The standard InChI is InChI=1S/C21H24N2O4S/c1-27-18-9-7-17(8-10-18)23-20-15-28(25,26)14-19(20)22(13-21(23)24)12-11-16-5-3-2-4-6-16/h2-10,19-20H,11-15H2,1H3. The largest absolute Gasteiger partial charge is 0.497 e. The fraction of sp³-hybridized carbons (Fsp3) is 0.381. The third-order valence-electron chi connectivity index (χ3n) is 5.58. The lowest BCUT2D eigenvalue weighted by Crippen LogP contribution is -2.62. The highest BCUT2D eigenvalue weighted by Crippen LogP contribution is 2.32. The van der Waals surface area contributed by atoms with E-state index >= 15 is 0 Å². The number of sulfone groups is 1. The first kappa shape index (κ1) is 19.0. The lowest BCUT2D eigenvalue weighted by molar-refractivity contribution is -0.123. The lowest BCUT2D eigenvalue weighted by atomic mass is 10.0. The van der Waals surface area contributed by atoms with Gasteiger partial charge in [0.2, 0.25) is 5.91 Å². The van der Waals surface area contributed by atoms with Gasteiger partial charge in [-0.15, -0.1) is 0 Å². The zero-order valence-corrected chi connectivity index (χ0v) is 16.6. The first-order chi connectivity index (χ1) is 13.5. The summed E-state index contributed by atoms with van der Waals surface area (Å²) in [5.74, 6) is 0.758. The number of carbonyl (C=O) groups excluding carboxylic acids is 1. The van der Waals surface area contributed by atoms with Gasteiger partial charge < -0.3 is 9.64 Å². The van der Waals surface area contributed by atoms with Crippen molar-refractivity contribution in [2.45, 2.75) is 18.5 Å². The first-order valence-corrected chi connectivity index (χ1v) is 11.2.